The van der Waals surface area contributed by atoms with Crippen molar-refractivity contribution in [3.05, 3.63) is 0 Å². The fourth-order valence-electron chi connectivity index (χ4n) is 3.69. The second kappa shape index (κ2) is 5.60. The average molecular weight is 252 g/mol. The molecule has 0 aromatic heterocycles. The van der Waals surface area contributed by atoms with Crippen molar-refractivity contribution in [2.45, 2.75) is 65.5 Å². The summed E-state index contributed by atoms with van der Waals surface area (Å²) >= 11 is 0. The summed E-state index contributed by atoms with van der Waals surface area (Å²) in [6, 6.07) is 0.528. The molecule has 1 saturated heterocycles. The molecule has 0 radical (unpaired) electrons. The molecule has 1 aliphatic carbocycles. The molecule has 1 aliphatic heterocycles. The van der Waals surface area contributed by atoms with Gasteiger partial charge in [0.05, 0.1) is 12.7 Å². The largest absolute Gasteiger partial charge is 0.326 e. The fourth-order valence-corrected chi connectivity index (χ4v) is 3.69. The summed E-state index contributed by atoms with van der Waals surface area (Å²) in [5.74, 6) is 2.31. The second-order valence-corrected chi connectivity index (χ2v) is 6.60. The molecular formula is C15H28N2O. The van der Waals surface area contributed by atoms with Gasteiger partial charge >= 0.3 is 0 Å². The van der Waals surface area contributed by atoms with Crippen LogP contribution in [0.3, 0.4) is 0 Å². The van der Waals surface area contributed by atoms with Crippen molar-refractivity contribution >= 4 is 5.91 Å². The zero-order chi connectivity index (χ0) is 13.3. The fraction of sp³-hybridized carbons (Fsp3) is 0.933. The van der Waals surface area contributed by atoms with Crippen LogP contribution < -0.4 is 5.32 Å². The standard InChI is InChI=1S/C15H28N2O/c1-5-12(4)14-15(18)17(9-16-14)13-7-10(2)6-11(3)8-13/h10-14,16H,5-9H2,1-4H3. The van der Waals surface area contributed by atoms with Crippen LogP contribution in [0.5, 0.6) is 0 Å². The van der Waals surface area contributed by atoms with E-state index in [1.54, 1.807) is 0 Å². The van der Waals surface area contributed by atoms with E-state index in [2.05, 4.69) is 37.9 Å². The number of hydrogen-bond donors (Lipinski definition) is 1. The van der Waals surface area contributed by atoms with Crippen LogP contribution in [0, 0.1) is 17.8 Å². The quantitative estimate of drug-likeness (QED) is 0.837. The first-order valence-electron chi connectivity index (χ1n) is 7.56. The molecule has 0 aromatic carbocycles. The first-order valence-corrected chi connectivity index (χ1v) is 7.56. The Labute approximate surface area is 111 Å². The summed E-state index contributed by atoms with van der Waals surface area (Å²) in [4.78, 5) is 14.6. The van der Waals surface area contributed by atoms with Gasteiger partial charge in [0.1, 0.15) is 0 Å². The van der Waals surface area contributed by atoms with Gasteiger partial charge in [0, 0.05) is 6.04 Å². The molecule has 1 heterocycles. The lowest BCUT2D eigenvalue weighted by Gasteiger charge is -2.37. The maximum Gasteiger partial charge on any atom is 0.241 e. The second-order valence-electron chi connectivity index (χ2n) is 6.60. The molecule has 2 aliphatic rings. The molecule has 3 nitrogen and oxygen atoms in total. The number of nitrogens with zero attached hydrogens (tertiary/aromatic N) is 1. The molecule has 2 rings (SSSR count). The molecule has 104 valence electrons. The van der Waals surface area contributed by atoms with E-state index in [-0.39, 0.29) is 6.04 Å². The Bertz CT molecular complexity index is 295. The number of amides is 1. The predicted molar refractivity (Wildman–Crippen MR) is 74.1 cm³/mol. The summed E-state index contributed by atoms with van der Waals surface area (Å²) in [5.41, 5.74) is 0. The maximum absolute atomic E-state index is 12.5. The summed E-state index contributed by atoms with van der Waals surface area (Å²) in [5, 5.41) is 3.41. The van der Waals surface area contributed by atoms with E-state index >= 15 is 0 Å². The van der Waals surface area contributed by atoms with Gasteiger partial charge < -0.3 is 4.90 Å². The number of carbonyl (C=O) groups excluding carboxylic acids is 1. The monoisotopic (exact) mass is 252 g/mol. The van der Waals surface area contributed by atoms with E-state index in [1.165, 1.54) is 19.3 Å². The Hall–Kier alpha value is -0.570. The van der Waals surface area contributed by atoms with Crippen molar-refractivity contribution in [1.29, 1.82) is 0 Å². The van der Waals surface area contributed by atoms with Crippen molar-refractivity contribution < 1.29 is 4.79 Å². The molecule has 4 unspecified atom stereocenters. The smallest absolute Gasteiger partial charge is 0.241 e. The van der Waals surface area contributed by atoms with E-state index in [4.69, 9.17) is 0 Å². The van der Waals surface area contributed by atoms with E-state index in [1.807, 2.05) is 0 Å². The summed E-state index contributed by atoms with van der Waals surface area (Å²) in [6.45, 7) is 9.74. The van der Waals surface area contributed by atoms with Gasteiger partial charge in [-0.2, -0.15) is 0 Å². The lowest BCUT2D eigenvalue weighted by molar-refractivity contribution is -0.132. The lowest BCUT2D eigenvalue weighted by atomic mass is 9.80. The predicted octanol–water partition coefficient (Wildman–Crippen LogP) is 2.62. The first kappa shape index (κ1) is 13.9. The third-order valence-electron chi connectivity index (χ3n) is 4.84. The highest BCUT2D eigenvalue weighted by molar-refractivity contribution is 5.84. The minimum Gasteiger partial charge on any atom is -0.326 e. The van der Waals surface area contributed by atoms with Crippen molar-refractivity contribution in [2.75, 3.05) is 6.67 Å². The molecule has 0 bridgehead atoms. The molecule has 18 heavy (non-hydrogen) atoms. The van der Waals surface area contributed by atoms with Crippen LogP contribution in [0.25, 0.3) is 0 Å². The van der Waals surface area contributed by atoms with Crippen molar-refractivity contribution in [3.63, 3.8) is 0 Å². The number of nitrogens with one attached hydrogen (secondary N) is 1. The van der Waals surface area contributed by atoms with Crippen LogP contribution in [0.4, 0.5) is 0 Å². The molecule has 0 aromatic rings. The number of hydrogen-bond acceptors (Lipinski definition) is 2. The van der Waals surface area contributed by atoms with Crippen LogP contribution in [0.2, 0.25) is 0 Å². The molecule has 1 saturated carbocycles. The Morgan fingerprint density at radius 1 is 1.28 bits per heavy atom. The van der Waals surface area contributed by atoms with Crippen LogP contribution in [0.15, 0.2) is 0 Å². The molecule has 4 atom stereocenters. The van der Waals surface area contributed by atoms with Gasteiger partial charge in [0.2, 0.25) is 5.91 Å². The molecule has 0 spiro atoms. The van der Waals surface area contributed by atoms with E-state index in [9.17, 15) is 4.79 Å². The van der Waals surface area contributed by atoms with Crippen LogP contribution in [-0.2, 0) is 4.79 Å². The summed E-state index contributed by atoms with van der Waals surface area (Å²) < 4.78 is 0. The first-order chi connectivity index (χ1) is 8.52. The minimum absolute atomic E-state index is 0.0579. The van der Waals surface area contributed by atoms with E-state index in [0.29, 0.717) is 17.9 Å². The van der Waals surface area contributed by atoms with Crippen LogP contribution in [-0.4, -0.2) is 29.6 Å². The van der Waals surface area contributed by atoms with Crippen LogP contribution in [0.1, 0.15) is 53.4 Å². The van der Waals surface area contributed by atoms with E-state index in [0.717, 1.165) is 24.9 Å². The van der Waals surface area contributed by atoms with Gasteiger partial charge in [-0.15, -0.1) is 0 Å². The highest BCUT2D eigenvalue weighted by atomic mass is 16.2. The van der Waals surface area contributed by atoms with Gasteiger partial charge in [0.25, 0.3) is 0 Å². The van der Waals surface area contributed by atoms with Gasteiger partial charge in [-0.25, -0.2) is 0 Å². The molecule has 1 N–H and O–H groups in total. The Kier molecular flexibility index (Phi) is 4.31. The van der Waals surface area contributed by atoms with Crippen molar-refractivity contribution in [1.82, 2.24) is 10.2 Å². The van der Waals surface area contributed by atoms with Crippen molar-refractivity contribution in [2.24, 2.45) is 17.8 Å². The van der Waals surface area contributed by atoms with Gasteiger partial charge in [-0.3, -0.25) is 10.1 Å². The normalized spacial score (nSPS) is 39.1. The molecule has 1 amide bonds. The maximum atomic E-state index is 12.5. The SMILES string of the molecule is CCC(C)C1NCN(C2CC(C)CC(C)C2)C1=O. The summed E-state index contributed by atoms with van der Waals surface area (Å²) in [7, 11) is 0. The zero-order valence-electron chi connectivity index (χ0n) is 12.3. The van der Waals surface area contributed by atoms with Gasteiger partial charge in [0.15, 0.2) is 0 Å². The van der Waals surface area contributed by atoms with Crippen molar-refractivity contribution in [3.8, 4) is 0 Å². The number of carbonyl (C=O) groups is 1. The molecule has 2 fully saturated rings. The molecule has 3 heteroatoms. The number of rotatable bonds is 3. The Morgan fingerprint density at radius 2 is 1.89 bits per heavy atom. The topological polar surface area (TPSA) is 32.3 Å². The summed E-state index contributed by atoms with van der Waals surface area (Å²) in [6.07, 6.45) is 4.76. The van der Waals surface area contributed by atoms with E-state index < -0.39 is 0 Å². The zero-order valence-corrected chi connectivity index (χ0v) is 12.3. The average Bonchev–Trinajstić information content (AvgIpc) is 2.69. The van der Waals surface area contributed by atoms with Gasteiger partial charge in [-0.05, 0) is 37.0 Å². The highest BCUT2D eigenvalue weighted by Crippen LogP contribution is 2.33. The Balaban J connectivity index is 2.00. The highest BCUT2D eigenvalue weighted by Gasteiger charge is 2.39. The lowest BCUT2D eigenvalue weighted by Crippen LogP contribution is -2.43. The Morgan fingerprint density at radius 3 is 2.44 bits per heavy atom. The molecular weight excluding hydrogens is 224 g/mol. The minimum atomic E-state index is 0.0579. The van der Waals surface area contributed by atoms with Crippen LogP contribution >= 0.6 is 0 Å². The van der Waals surface area contributed by atoms with Gasteiger partial charge in [-0.1, -0.05) is 34.1 Å². The third kappa shape index (κ3) is 2.71. The third-order valence-corrected chi connectivity index (χ3v) is 4.84.